The van der Waals surface area contributed by atoms with Gasteiger partial charge in [0.25, 0.3) is 0 Å². The molecule has 1 aromatic carbocycles. The summed E-state index contributed by atoms with van der Waals surface area (Å²) in [6.45, 7) is 0. The maximum Gasteiger partial charge on any atom is 0.0837 e. The van der Waals surface area contributed by atoms with Crippen molar-refractivity contribution < 1.29 is 0 Å². The highest BCUT2D eigenvalue weighted by Gasteiger charge is 2.14. The first kappa shape index (κ1) is 11.6. The molecule has 0 aliphatic heterocycles. The Labute approximate surface area is 107 Å². The second-order valence-electron chi connectivity index (χ2n) is 3.56. The van der Waals surface area contributed by atoms with Crippen molar-refractivity contribution in [3.63, 3.8) is 0 Å². The molecule has 2 rings (SSSR count). The predicted molar refractivity (Wildman–Crippen MR) is 68.4 cm³/mol. The van der Waals surface area contributed by atoms with Gasteiger partial charge in [0.1, 0.15) is 0 Å². The number of nitrogens with zero attached hydrogens (tertiary/aromatic N) is 2. The van der Waals surface area contributed by atoms with Crippen LogP contribution in [0.2, 0.25) is 5.02 Å². The summed E-state index contributed by atoms with van der Waals surface area (Å²) in [4.78, 5) is 0. The quantitative estimate of drug-likeness (QED) is 0.927. The number of hydrogen-bond donors (Lipinski definition) is 1. The largest absolute Gasteiger partial charge is 0.319 e. The summed E-state index contributed by atoms with van der Waals surface area (Å²) < 4.78 is 2.67. The van der Waals surface area contributed by atoms with E-state index >= 15 is 0 Å². The van der Waals surface area contributed by atoms with Crippen molar-refractivity contribution in [2.45, 2.75) is 6.04 Å². The van der Waals surface area contributed by atoms with Gasteiger partial charge < -0.3 is 5.73 Å². The summed E-state index contributed by atoms with van der Waals surface area (Å²) in [6, 6.07) is 7.19. The molecule has 0 saturated carbocycles. The summed E-state index contributed by atoms with van der Waals surface area (Å²) >= 11 is 9.41. The molecule has 1 atom stereocenters. The number of hydrogen-bond acceptors (Lipinski definition) is 2. The molecule has 84 valence electrons. The molecule has 0 aliphatic carbocycles. The van der Waals surface area contributed by atoms with Crippen molar-refractivity contribution in [1.29, 1.82) is 0 Å². The standard InChI is InChI=1S/C11H11BrClN3/c1-16-5-4-10(15-16)11(14)8-6-7(13)2-3-9(8)12/h2-6,11H,14H2,1H3. The molecule has 0 spiro atoms. The molecule has 16 heavy (non-hydrogen) atoms. The van der Waals surface area contributed by atoms with Gasteiger partial charge in [-0.1, -0.05) is 27.5 Å². The number of nitrogens with two attached hydrogens (primary N) is 1. The molecule has 0 radical (unpaired) electrons. The first-order chi connectivity index (χ1) is 7.58. The van der Waals surface area contributed by atoms with E-state index < -0.39 is 0 Å². The highest BCUT2D eigenvalue weighted by Crippen LogP contribution is 2.28. The van der Waals surface area contributed by atoms with Crippen LogP contribution < -0.4 is 5.73 Å². The maximum absolute atomic E-state index is 6.13. The molecule has 0 amide bonds. The van der Waals surface area contributed by atoms with Crippen LogP contribution in [-0.2, 0) is 7.05 Å². The molecule has 5 heteroatoms. The van der Waals surface area contributed by atoms with Crippen LogP contribution in [0.15, 0.2) is 34.9 Å². The number of rotatable bonds is 2. The van der Waals surface area contributed by atoms with Gasteiger partial charge in [-0.05, 0) is 29.8 Å². The summed E-state index contributed by atoms with van der Waals surface area (Å²) in [7, 11) is 1.86. The molecule has 2 aromatic rings. The summed E-state index contributed by atoms with van der Waals surface area (Å²) in [5, 5.41) is 4.96. The van der Waals surface area contributed by atoms with Gasteiger partial charge in [0.15, 0.2) is 0 Å². The molecule has 0 saturated heterocycles. The van der Waals surface area contributed by atoms with E-state index in [2.05, 4.69) is 21.0 Å². The van der Waals surface area contributed by atoms with Gasteiger partial charge >= 0.3 is 0 Å². The molecular formula is C11H11BrClN3. The average Bonchev–Trinajstić information content (AvgIpc) is 2.67. The Morgan fingerprint density at radius 2 is 2.19 bits per heavy atom. The molecule has 0 fully saturated rings. The van der Waals surface area contributed by atoms with Gasteiger partial charge in [-0.2, -0.15) is 5.10 Å². The second kappa shape index (κ2) is 4.57. The predicted octanol–water partition coefficient (Wildman–Crippen LogP) is 2.88. The van der Waals surface area contributed by atoms with Crippen molar-refractivity contribution in [2.24, 2.45) is 12.8 Å². The fourth-order valence-corrected chi connectivity index (χ4v) is 2.18. The fourth-order valence-electron chi connectivity index (χ4n) is 1.51. The topological polar surface area (TPSA) is 43.8 Å². The van der Waals surface area contributed by atoms with Crippen molar-refractivity contribution >= 4 is 27.5 Å². The van der Waals surface area contributed by atoms with Crippen LogP contribution in [0.5, 0.6) is 0 Å². The maximum atomic E-state index is 6.13. The Hall–Kier alpha value is -0.840. The van der Waals surface area contributed by atoms with Crippen LogP contribution in [0.1, 0.15) is 17.3 Å². The Morgan fingerprint density at radius 3 is 2.81 bits per heavy atom. The van der Waals surface area contributed by atoms with E-state index in [1.54, 1.807) is 4.68 Å². The monoisotopic (exact) mass is 299 g/mol. The summed E-state index contributed by atoms with van der Waals surface area (Å²) in [5.41, 5.74) is 7.90. The lowest BCUT2D eigenvalue weighted by Crippen LogP contribution is -2.13. The lowest BCUT2D eigenvalue weighted by Gasteiger charge is -2.11. The summed E-state index contributed by atoms with van der Waals surface area (Å²) in [5.74, 6) is 0. The van der Waals surface area contributed by atoms with Crippen LogP contribution >= 0.6 is 27.5 Å². The minimum atomic E-state index is -0.269. The number of benzene rings is 1. The van der Waals surface area contributed by atoms with E-state index in [1.807, 2.05) is 37.5 Å². The van der Waals surface area contributed by atoms with Crippen molar-refractivity contribution in [2.75, 3.05) is 0 Å². The van der Waals surface area contributed by atoms with E-state index in [4.69, 9.17) is 17.3 Å². The third kappa shape index (κ3) is 2.29. The third-order valence-electron chi connectivity index (χ3n) is 2.35. The number of aromatic nitrogens is 2. The summed E-state index contributed by atoms with van der Waals surface area (Å²) in [6.07, 6.45) is 1.87. The molecule has 2 N–H and O–H groups in total. The Balaban J connectivity index is 2.40. The zero-order valence-corrected chi connectivity index (χ0v) is 11.0. The normalized spacial score (nSPS) is 12.8. The lowest BCUT2D eigenvalue weighted by molar-refractivity contribution is 0.715. The van der Waals surface area contributed by atoms with Crippen molar-refractivity contribution in [3.8, 4) is 0 Å². The zero-order chi connectivity index (χ0) is 11.7. The van der Waals surface area contributed by atoms with E-state index in [9.17, 15) is 0 Å². The van der Waals surface area contributed by atoms with Gasteiger partial charge in [-0.15, -0.1) is 0 Å². The van der Waals surface area contributed by atoms with Gasteiger partial charge in [0.2, 0.25) is 0 Å². The highest BCUT2D eigenvalue weighted by molar-refractivity contribution is 9.10. The van der Waals surface area contributed by atoms with Crippen LogP contribution in [-0.4, -0.2) is 9.78 Å². The Bertz CT molecular complexity index is 510. The third-order valence-corrected chi connectivity index (χ3v) is 3.30. The second-order valence-corrected chi connectivity index (χ2v) is 4.85. The first-order valence-corrected chi connectivity index (χ1v) is 5.95. The molecule has 1 aromatic heterocycles. The van der Waals surface area contributed by atoms with Crippen LogP contribution in [0.3, 0.4) is 0 Å². The van der Waals surface area contributed by atoms with E-state index in [0.717, 1.165) is 15.7 Å². The molecule has 0 bridgehead atoms. The van der Waals surface area contributed by atoms with Crippen LogP contribution in [0.25, 0.3) is 0 Å². The molecular weight excluding hydrogens is 289 g/mol. The van der Waals surface area contributed by atoms with Gasteiger partial charge in [0, 0.05) is 22.7 Å². The SMILES string of the molecule is Cn1ccc(C(N)c2cc(Cl)ccc2Br)n1. The van der Waals surface area contributed by atoms with Gasteiger partial charge in [0.05, 0.1) is 11.7 Å². The molecule has 0 aliphatic rings. The van der Waals surface area contributed by atoms with E-state index in [0.29, 0.717) is 5.02 Å². The average molecular weight is 301 g/mol. The Kier molecular flexibility index (Phi) is 3.33. The fraction of sp³-hybridized carbons (Fsp3) is 0.182. The minimum absolute atomic E-state index is 0.269. The highest BCUT2D eigenvalue weighted by atomic mass is 79.9. The molecule has 1 heterocycles. The zero-order valence-electron chi connectivity index (χ0n) is 8.69. The molecule has 3 nitrogen and oxygen atoms in total. The number of aryl methyl sites for hydroxylation is 1. The van der Waals surface area contributed by atoms with Crippen molar-refractivity contribution in [3.05, 3.63) is 51.2 Å². The van der Waals surface area contributed by atoms with Crippen molar-refractivity contribution in [1.82, 2.24) is 9.78 Å². The van der Waals surface area contributed by atoms with E-state index in [-0.39, 0.29) is 6.04 Å². The first-order valence-electron chi connectivity index (χ1n) is 4.78. The number of halogens is 2. The van der Waals surface area contributed by atoms with E-state index in [1.165, 1.54) is 0 Å². The smallest absolute Gasteiger partial charge is 0.0837 e. The van der Waals surface area contributed by atoms with Crippen LogP contribution in [0, 0.1) is 0 Å². The van der Waals surface area contributed by atoms with Crippen LogP contribution in [0.4, 0.5) is 0 Å². The minimum Gasteiger partial charge on any atom is -0.319 e. The Morgan fingerprint density at radius 1 is 1.44 bits per heavy atom. The lowest BCUT2D eigenvalue weighted by atomic mass is 10.1. The molecule has 1 unspecified atom stereocenters. The van der Waals surface area contributed by atoms with Gasteiger partial charge in [-0.25, -0.2) is 0 Å². The van der Waals surface area contributed by atoms with Gasteiger partial charge in [-0.3, -0.25) is 4.68 Å².